The first-order chi connectivity index (χ1) is 12.0. The minimum Gasteiger partial charge on any atom is -0.490 e. The van der Waals surface area contributed by atoms with Gasteiger partial charge in [-0.05, 0) is 52.4 Å². The highest BCUT2D eigenvalue weighted by Crippen LogP contribution is 2.29. The molecule has 0 saturated heterocycles. The summed E-state index contributed by atoms with van der Waals surface area (Å²) in [4.78, 5) is 22.3. The Morgan fingerprint density at radius 2 is 2.00 bits per heavy atom. The van der Waals surface area contributed by atoms with E-state index in [2.05, 4.69) is 31.4 Å². The van der Waals surface area contributed by atoms with Crippen molar-refractivity contribution in [3.8, 4) is 11.5 Å². The minimum atomic E-state index is -0.658. The fourth-order valence-corrected chi connectivity index (χ4v) is 2.56. The Kier molecular flexibility index (Phi) is 6.34. The zero-order chi connectivity index (χ0) is 18.4. The lowest BCUT2D eigenvalue weighted by Gasteiger charge is -2.12. The van der Waals surface area contributed by atoms with Crippen LogP contribution in [0.1, 0.15) is 29.9 Å². The van der Waals surface area contributed by atoms with Crippen LogP contribution in [0.25, 0.3) is 0 Å². The SMILES string of the molecule is CCOc1ccc(CNC(=O)c2n[nH]c([N+](=O)[O-])c2Br)cc1OCC. The number of nitrogens with one attached hydrogen (secondary N) is 2. The van der Waals surface area contributed by atoms with Crippen molar-refractivity contribution in [1.29, 1.82) is 0 Å². The Balaban J connectivity index is 2.09. The van der Waals surface area contributed by atoms with Gasteiger partial charge in [-0.3, -0.25) is 4.79 Å². The van der Waals surface area contributed by atoms with Gasteiger partial charge in [-0.1, -0.05) is 11.2 Å². The van der Waals surface area contributed by atoms with Gasteiger partial charge in [0.25, 0.3) is 5.91 Å². The molecule has 1 aromatic carbocycles. The van der Waals surface area contributed by atoms with Crippen molar-refractivity contribution in [2.45, 2.75) is 20.4 Å². The number of nitrogens with zero attached hydrogens (tertiary/aromatic N) is 2. The second kappa shape index (κ2) is 8.47. The number of carbonyl (C=O) groups is 1. The molecule has 0 aliphatic heterocycles. The first-order valence-electron chi connectivity index (χ1n) is 7.52. The molecule has 0 saturated carbocycles. The molecule has 0 aliphatic carbocycles. The Morgan fingerprint density at radius 1 is 1.32 bits per heavy atom. The molecule has 0 aliphatic rings. The average Bonchev–Trinajstić information content (AvgIpc) is 2.97. The highest BCUT2D eigenvalue weighted by molar-refractivity contribution is 9.10. The first-order valence-corrected chi connectivity index (χ1v) is 8.32. The molecular weight excluding hydrogens is 396 g/mol. The molecule has 0 atom stereocenters. The zero-order valence-corrected chi connectivity index (χ0v) is 15.3. The molecule has 0 fully saturated rings. The Labute approximate surface area is 152 Å². The third-order valence-electron chi connectivity index (χ3n) is 3.15. The van der Waals surface area contributed by atoms with Crippen LogP contribution in [0.3, 0.4) is 0 Å². The van der Waals surface area contributed by atoms with E-state index in [1.165, 1.54) is 0 Å². The van der Waals surface area contributed by atoms with Crippen LogP contribution >= 0.6 is 15.9 Å². The number of amides is 1. The van der Waals surface area contributed by atoms with Gasteiger partial charge in [0.1, 0.15) is 4.47 Å². The van der Waals surface area contributed by atoms with E-state index < -0.39 is 10.8 Å². The number of carbonyl (C=O) groups excluding carboxylic acids is 1. The van der Waals surface area contributed by atoms with Crippen LogP contribution in [0.5, 0.6) is 11.5 Å². The quantitative estimate of drug-likeness (QED) is 0.507. The summed E-state index contributed by atoms with van der Waals surface area (Å²) in [6, 6.07) is 5.35. The van der Waals surface area contributed by atoms with Gasteiger partial charge in [-0.15, -0.1) is 5.10 Å². The molecule has 1 aromatic heterocycles. The largest absolute Gasteiger partial charge is 0.490 e. The van der Waals surface area contributed by atoms with Crippen molar-refractivity contribution in [2.24, 2.45) is 0 Å². The number of aromatic nitrogens is 2. The topological polar surface area (TPSA) is 119 Å². The van der Waals surface area contributed by atoms with Crippen molar-refractivity contribution in [3.63, 3.8) is 0 Å². The number of benzene rings is 1. The molecule has 2 aromatic rings. The molecular formula is C15H17BrN4O5. The Hall–Kier alpha value is -2.62. The van der Waals surface area contributed by atoms with E-state index in [1.54, 1.807) is 18.2 Å². The number of aromatic amines is 1. The summed E-state index contributed by atoms with van der Waals surface area (Å²) in [5.41, 5.74) is 0.712. The molecule has 2 N–H and O–H groups in total. The molecule has 1 amide bonds. The fourth-order valence-electron chi connectivity index (χ4n) is 2.06. The highest BCUT2D eigenvalue weighted by atomic mass is 79.9. The van der Waals surface area contributed by atoms with Crippen LogP contribution in [0.15, 0.2) is 22.7 Å². The standard InChI is InChI=1S/C15H17BrN4O5/c1-3-24-10-6-5-9(7-11(10)25-4-2)8-17-15(21)13-12(16)14(19-18-13)20(22)23/h5-7H,3-4,8H2,1-2H3,(H,17,21)(H,18,19). The van der Waals surface area contributed by atoms with Gasteiger partial charge in [-0.2, -0.15) is 0 Å². The lowest BCUT2D eigenvalue weighted by atomic mass is 10.2. The number of hydrogen-bond donors (Lipinski definition) is 2. The maximum Gasteiger partial charge on any atom is 0.357 e. The minimum absolute atomic E-state index is 0.0108. The Morgan fingerprint density at radius 3 is 2.60 bits per heavy atom. The molecule has 0 unspecified atom stereocenters. The molecule has 134 valence electrons. The molecule has 0 bridgehead atoms. The van der Waals surface area contributed by atoms with Gasteiger partial charge < -0.3 is 24.9 Å². The number of rotatable bonds is 8. The maximum atomic E-state index is 12.2. The van der Waals surface area contributed by atoms with Gasteiger partial charge >= 0.3 is 5.82 Å². The van der Waals surface area contributed by atoms with Gasteiger partial charge in [0.05, 0.1) is 13.2 Å². The van der Waals surface area contributed by atoms with Gasteiger partial charge in [0.2, 0.25) is 0 Å². The van der Waals surface area contributed by atoms with E-state index in [9.17, 15) is 14.9 Å². The molecule has 25 heavy (non-hydrogen) atoms. The molecule has 10 heteroatoms. The summed E-state index contributed by atoms with van der Waals surface area (Å²) >= 11 is 3.00. The number of hydrogen-bond acceptors (Lipinski definition) is 6. The Bertz CT molecular complexity index is 777. The summed E-state index contributed by atoms with van der Waals surface area (Å²) < 4.78 is 11.0. The fraction of sp³-hybridized carbons (Fsp3) is 0.333. The predicted octanol–water partition coefficient (Wildman–Crippen LogP) is 2.81. The summed E-state index contributed by atoms with van der Waals surface area (Å²) in [5, 5.41) is 19.3. The van der Waals surface area contributed by atoms with Crippen molar-refractivity contribution >= 4 is 27.7 Å². The number of nitro groups is 1. The van der Waals surface area contributed by atoms with Crippen LogP contribution in [-0.4, -0.2) is 34.2 Å². The molecule has 0 spiro atoms. The second-order valence-electron chi connectivity index (χ2n) is 4.82. The molecule has 2 rings (SSSR count). The van der Waals surface area contributed by atoms with Crippen molar-refractivity contribution in [2.75, 3.05) is 13.2 Å². The number of ether oxygens (including phenoxy) is 2. The highest BCUT2D eigenvalue weighted by Gasteiger charge is 2.24. The van der Waals surface area contributed by atoms with E-state index in [4.69, 9.17) is 9.47 Å². The normalized spacial score (nSPS) is 10.4. The lowest BCUT2D eigenvalue weighted by Crippen LogP contribution is -2.23. The maximum absolute atomic E-state index is 12.2. The third-order valence-corrected chi connectivity index (χ3v) is 3.90. The summed E-state index contributed by atoms with van der Waals surface area (Å²) in [5.74, 6) is 0.311. The zero-order valence-electron chi connectivity index (χ0n) is 13.7. The van der Waals surface area contributed by atoms with Crippen LogP contribution < -0.4 is 14.8 Å². The van der Waals surface area contributed by atoms with E-state index in [0.717, 1.165) is 5.56 Å². The van der Waals surface area contributed by atoms with Crippen molar-refractivity contribution in [3.05, 3.63) is 44.0 Å². The van der Waals surface area contributed by atoms with E-state index in [-0.39, 0.29) is 22.5 Å². The summed E-state index contributed by atoms with van der Waals surface area (Å²) in [7, 11) is 0. The number of halogens is 1. The average molecular weight is 413 g/mol. The first kappa shape index (κ1) is 18.7. The van der Waals surface area contributed by atoms with Crippen LogP contribution in [0.2, 0.25) is 0 Å². The van der Waals surface area contributed by atoms with Gasteiger partial charge in [0, 0.05) is 6.54 Å². The molecule has 1 heterocycles. The summed E-state index contributed by atoms with van der Waals surface area (Å²) in [6.07, 6.45) is 0. The van der Waals surface area contributed by atoms with E-state index >= 15 is 0 Å². The van der Waals surface area contributed by atoms with E-state index in [0.29, 0.717) is 24.7 Å². The molecule has 0 radical (unpaired) electrons. The van der Waals surface area contributed by atoms with Crippen molar-refractivity contribution < 1.29 is 19.2 Å². The van der Waals surface area contributed by atoms with Crippen LogP contribution in [0, 0.1) is 10.1 Å². The van der Waals surface area contributed by atoms with Gasteiger partial charge in [-0.25, -0.2) is 0 Å². The lowest BCUT2D eigenvalue weighted by molar-refractivity contribution is -0.390. The second-order valence-corrected chi connectivity index (χ2v) is 5.61. The smallest absolute Gasteiger partial charge is 0.357 e. The van der Waals surface area contributed by atoms with Crippen LogP contribution in [-0.2, 0) is 6.54 Å². The van der Waals surface area contributed by atoms with Crippen molar-refractivity contribution in [1.82, 2.24) is 15.5 Å². The number of H-pyrrole nitrogens is 1. The van der Waals surface area contributed by atoms with Gasteiger partial charge in [0.15, 0.2) is 17.2 Å². The van der Waals surface area contributed by atoms with Crippen LogP contribution in [0.4, 0.5) is 5.82 Å². The third kappa shape index (κ3) is 4.47. The van der Waals surface area contributed by atoms with E-state index in [1.807, 2.05) is 13.8 Å². The monoisotopic (exact) mass is 412 g/mol. The summed E-state index contributed by atoms with van der Waals surface area (Å²) in [6.45, 7) is 4.96. The molecule has 9 nitrogen and oxygen atoms in total. The predicted molar refractivity (Wildman–Crippen MR) is 92.9 cm³/mol.